The summed E-state index contributed by atoms with van der Waals surface area (Å²) in [5.74, 6) is -0.0665. The Morgan fingerprint density at radius 2 is 1.80 bits per heavy atom. The van der Waals surface area contributed by atoms with Crippen molar-refractivity contribution in [3.05, 3.63) is 59.2 Å². The molecule has 2 N–H and O–H groups in total. The van der Waals surface area contributed by atoms with Crippen LogP contribution in [0.4, 0.5) is 16.2 Å². The molecule has 0 aromatic heterocycles. The lowest BCUT2D eigenvalue weighted by Crippen LogP contribution is -2.43. The zero-order valence-electron chi connectivity index (χ0n) is 14.8. The van der Waals surface area contributed by atoms with Crippen LogP contribution in [0.2, 0.25) is 0 Å². The van der Waals surface area contributed by atoms with E-state index < -0.39 is 6.04 Å². The normalized spacial score (nSPS) is 16.8. The number of urea groups is 1. The summed E-state index contributed by atoms with van der Waals surface area (Å²) < 4.78 is 0. The lowest BCUT2D eigenvalue weighted by atomic mass is 10.1. The van der Waals surface area contributed by atoms with Crippen LogP contribution in [0.3, 0.4) is 0 Å². The molecule has 5 heteroatoms. The number of rotatable bonds is 3. The standard InChI is InChI=1S/C20H23N3O2/c1-13-8-9-16(12-15(13)3)23-11-10-18(19(23)24)22-20(25)21-17-7-5-4-6-14(17)2/h4-9,12,18H,10-11H2,1-3H3,(H2,21,22,25). The Kier molecular flexibility index (Phi) is 4.74. The molecular formula is C20H23N3O2. The Morgan fingerprint density at radius 3 is 2.52 bits per heavy atom. The van der Waals surface area contributed by atoms with Gasteiger partial charge in [0.15, 0.2) is 0 Å². The number of carbonyl (C=O) groups excluding carboxylic acids is 2. The molecule has 0 radical (unpaired) electrons. The molecule has 1 unspecified atom stereocenters. The van der Waals surface area contributed by atoms with Crippen molar-refractivity contribution in [2.24, 2.45) is 0 Å². The van der Waals surface area contributed by atoms with E-state index in [9.17, 15) is 9.59 Å². The fourth-order valence-electron chi connectivity index (χ4n) is 2.99. The second kappa shape index (κ2) is 6.97. The minimum absolute atomic E-state index is 0.0665. The molecule has 0 saturated carbocycles. The van der Waals surface area contributed by atoms with Crippen molar-refractivity contribution in [1.29, 1.82) is 0 Å². The molecule has 25 heavy (non-hydrogen) atoms. The van der Waals surface area contributed by atoms with E-state index in [1.54, 1.807) is 4.90 Å². The van der Waals surface area contributed by atoms with E-state index in [4.69, 9.17) is 0 Å². The van der Waals surface area contributed by atoms with Gasteiger partial charge >= 0.3 is 6.03 Å². The van der Waals surface area contributed by atoms with Crippen molar-refractivity contribution in [3.63, 3.8) is 0 Å². The Bertz CT molecular complexity index is 816. The number of nitrogens with zero attached hydrogens (tertiary/aromatic N) is 1. The van der Waals surface area contributed by atoms with Crippen LogP contribution in [0.15, 0.2) is 42.5 Å². The van der Waals surface area contributed by atoms with Gasteiger partial charge in [0, 0.05) is 17.9 Å². The lowest BCUT2D eigenvalue weighted by Gasteiger charge is -2.18. The predicted octanol–water partition coefficient (Wildman–Crippen LogP) is 3.54. The number of hydrogen-bond donors (Lipinski definition) is 2. The molecule has 1 atom stereocenters. The van der Waals surface area contributed by atoms with Crippen LogP contribution < -0.4 is 15.5 Å². The minimum Gasteiger partial charge on any atom is -0.326 e. The molecule has 0 bridgehead atoms. The van der Waals surface area contributed by atoms with E-state index in [1.807, 2.05) is 63.2 Å². The van der Waals surface area contributed by atoms with Gasteiger partial charge < -0.3 is 15.5 Å². The van der Waals surface area contributed by atoms with Crippen LogP contribution in [0.25, 0.3) is 0 Å². The van der Waals surface area contributed by atoms with E-state index in [2.05, 4.69) is 10.6 Å². The molecule has 0 aliphatic carbocycles. The Morgan fingerprint density at radius 1 is 1.04 bits per heavy atom. The topological polar surface area (TPSA) is 61.4 Å². The van der Waals surface area contributed by atoms with Gasteiger partial charge in [-0.15, -0.1) is 0 Å². The zero-order chi connectivity index (χ0) is 18.0. The second-order valence-corrected chi connectivity index (χ2v) is 6.51. The van der Waals surface area contributed by atoms with Gasteiger partial charge in [0.1, 0.15) is 6.04 Å². The maximum Gasteiger partial charge on any atom is 0.319 e. The molecular weight excluding hydrogens is 314 g/mol. The number of benzene rings is 2. The summed E-state index contributed by atoms with van der Waals surface area (Å²) in [7, 11) is 0. The number of anilines is 2. The number of nitrogens with one attached hydrogen (secondary N) is 2. The lowest BCUT2D eigenvalue weighted by molar-refractivity contribution is -0.118. The second-order valence-electron chi connectivity index (χ2n) is 6.51. The minimum atomic E-state index is -0.495. The Labute approximate surface area is 148 Å². The average molecular weight is 337 g/mol. The maximum atomic E-state index is 12.6. The van der Waals surface area contributed by atoms with Crippen LogP contribution in [0.1, 0.15) is 23.1 Å². The summed E-state index contributed by atoms with van der Waals surface area (Å²) in [5.41, 5.74) is 4.96. The molecule has 130 valence electrons. The molecule has 1 aliphatic heterocycles. The Hall–Kier alpha value is -2.82. The van der Waals surface area contributed by atoms with Crippen molar-refractivity contribution in [2.45, 2.75) is 33.2 Å². The highest BCUT2D eigenvalue weighted by Crippen LogP contribution is 2.24. The van der Waals surface area contributed by atoms with Gasteiger partial charge in [0.05, 0.1) is 0 Å². The van der Waals surface area contributed by atoms with Crippen LogP contribution in [0.5, 0.6) is 0 Å². The molecule has 1 heterocycles. The molecule has 3 rings (SSSR count). The quantitative estimate of drug-likeness (QED) is 0.900. The summed E-state index contributed by atoms with van der Waals surface area (Å²) >= 11 is 0. The van der Waals surface area contributed by atoms with Crippen LogP contribution >= 0.6 is 0 Å². The largest absolute Gasteiger partial charge is 0.326 e. The number of carbonyl (C=O) groups is 2. The van der Waals surface area contributed by atoms with Crippen LogP contribution in [0, 0.1) is 20.8 Å². The zero-order valence-corrected chi connectivity index (χ0v) is 14.8. The van der Waals surface area contributed by atoms with E-state index in [-0.39, 0.29) is 11.9 Å². The first-order valence-electron chi connectivity index (χ1n) is 8.47. The SMILES string of the molecule is Cc1ccc(N2CCC(NC(=O)Nc3ccccc3C)C2=O)cc1C. The van der Waals surface area contributed by atoms with E-state index >= 15 is 0 Å². The van der Waals surface area contributed by atoms with Crippen molar-refractivity contribution < 1.29 is 9.59 Å². The van der Waals surface area contributed by atoms with E-state index in [0.717, 1.165) is 22.5 Å². The first-order chi connectivity index (χ1) is 12.0. The molecule has 2 aromatic carbocycles. The van der Waals surface area contributed by atoms with Gasteiger partial charge in [-0.2, -0.15) is 0 Å². The molecule has 1 fully saturated rings. The fourth-order valence-corrected chi connectivity index (χ4v) is 2.99. The average Bonchev–Trinajstić information content (AvgIpc) is 2.93. The first kappa shape index (κ1) is 17.0. The molecule has 1 saturated heterocycles. The summed E-state index contributed by atoms with van der Waals surface area (Å²) in [4.78, 5) is 26.6. The molecule has 5 nitrogen and oxygen atoms in total. The summed E-state index contributed by atoms with van der Waals surface area (Å²) in [6.07, 6.45) is 0.604. The van der Waals surface area contributed by atoms with E-state index in [0.29, 0.717) is 13.0 Å². The summed E-state index contributed by atoms with van der Waals surface area (Å²) in [5, 5.41) is 5.60. The van der Waals surface area contributed by atoms with Gasteiger partial charge in [-0.1, -0.05) is 24.3 Å². The molecule has 3 amide bonds. The number of aryl methyl sites for hydroxylation is 3. The van der Waals surface area contributed by atoms with Crippen molar-refractivity contribution in [1.82, 2.24) is 5.32 Å². The highest BCUT2D eigenvalue weighted by Gasteiger charge is 2.33. The number of hydrogen-bond acceptors (Lipinski definition) is 2. The Balaban J connectivity index is 1.65. The third-order valence-electron chi connectivity index (χ3n) is 4.71. The third kappa shape index (κ3) is 3.65. The van der Waals surface area contributed by atoms with Gasteiger partial charge in [0.2, 0.25) is 5.91 Å². The fraction of sp³-hybridized carbons (Fsp3) is 0.300. The molecule has 1 aliphatic rings. The molecule has 2 aromatic rings. The van der Waals surface area contributed by atoms with Crippen LogP contribution in [-0.2, 0) is 4.79 Å². The van der Waals surface area contributed by atoms with E-state index in [1.165, 1.54) is 5.56 Å². The van der Waals surface area contributed by atoms with Crippen molar-refractivity contribution >= 4 is 23.3 Å². The first-order valence-corrected chi connectivity index (χ1v) is 8.47. The van der Waals surface area contributed by atoms with Gasteiger partial charge in [-0.3, -0.25) is 4.79 Å². The van der Waals surface area contributed by atoms with Gasteiger partial charge in [0.25, 0.3) is 0 Å². The number of amides is 3. The highest BCUT2D eigenvalue weighted by atomic mass is 16.2. The smallest absolute Gasteiger partial charge is 0.319 e. The summed E-state index contributed by atoms with van der Waals surface area (Å²) in [6.45, 7) is 6.62. The monoisotopic (exact) mass is 337 g/mol. The molecule has 0 spiro atoms. The van der Waals surface area contributed by atoms with Gasteiger partial charge in [-0.25, -0.2) is 4.79 Å². The maximum absolute atomic E-state index is 12.6. The van der Waals surface area contributed by atoms with Crippen LogP contribution in [-0.4, -0.2) is 24.5 Å². The summed E-state index contributed by atoms with van der Waals surface area (Å²) in [6, 6.07) is 12.7. The van der Waals surface area contributed by atoms with Gasteiger partial charge in [-0.05, 0) is 62.1 Å². The van der Waals surface area contributed by atoms with Crippen molar-refractivity contribution in [3.8, 4) is 0 Å². The predicted molar refractivity (Wildman–Crippen MR) is 100 cm³/mol. The van der Waals surface area contributed by atoms with Crippen molar-refractivity contribution in [2.75, 3.05) is 16.8 Å². The third-order valence-corrected chi connectivity index (χ3v) is 4.71. The number of para-hydroxylation sites is 1. The highest BCUT2D eigenvalue weighted by molar-refractivity contribution is 6.02.